The molecule has 1 unspecified atom stereocenters. The monoisotopic (exact) mass is 280 g/mol. The predicted molar refractivity (Wildman–Crippen MR) is 78.1 cm³/mol. The number of amides is 1. The topological polar surface area (TPSA) is 41.1 Å². The number of benzene rings is 1. The quantitative estimate of drug-likeness (QED) is 0.890. The van der Waals surface area contributed by atoms with Gasteiger partial charge in [0.2, 0.25) is 5.91 Å². The van der Waals surface area contributed by atoms with Crippen LogP contribution < -0.4 is 10.6 Å². The minimum absolute atomic E-state index is 0.155. The van der Waals surface area contributed by atoms with Gasteiger partial charge >= 0.3 is 0 Å². The summed E-state index contributed by atoms with van der Waals surface area (Å²) in [7, 11) is 0. The molecule has 1 amide bonds. The maximum Gasteiger partial charge on any atom is 0.228 e. The first kappa shape index (κ1) is 14.4. The first-order valence-electron chi connectivity index (χ1n) is 6.78. The third-order valence-corrected chi connectivity index (χ3v) is 4.36. The van der Waals surface area contributed by atoms with Gasteiger partial charge < -0.3 is 10.6 Å². The molecule has 104 valence electrons. The van der Waals surface area contributed by atoms with Gasteiger partial charge in [0.1, 0.15) is 0 Å². The Hall–Kier alpha value is -1.06. The molecular formula is C15H21ClN2O. The van der Waals surface area contributed by atoms with E-state index in [0.717, 1.165) is 25.1 Å². The molecule has 0 spiro atoms. The lowest BCUT2D eigenvalue weighted by atomic mass is 9.75. The summed E-state index contributed by atoms with van der Waals surface area (Å²) in [6.45, 7) is 6.50. The Morgan fingerprint density at radius 1 is 1.42 bits per heavy atom. The van der Waals surface area contributed by atoms with Gasteiger partial charge in [-0.15, -0.1) is 0 Å². The second kappa shape index (κ2) is 5.93. The van der Waals surface area contributed by atoms with Gasteiger partial charge in [0.15, 0.2) is 0 Å². The van der Waals surface area contributed by atoms with Gasteiger partial charge in [0, 0.05) is 18.1 Å². The van der Waals surface area contributed by atoms with Crippen LogP contribution in [0.15, 0.2) is 24.3 Å². The second-order valence-electron chi connectivity index (χ2n) is 5.55. The number of hydrogen-bond acceptors (Lipinski definition) is 2. The number of carbonyl (C=O) groups excluding carboxylic acids is 1. The molecule has 1 aliphatic rings. The highest BCUT2D eigenvalue weighted by atomic mass is 35.5. The van der Waals surface area contributed by atoms with E-state index >= 15 is 0 Å². The molecule has 1 aliphatic heterocycles. The van der Waals surface area contributed by atoms with Crippen molar-refractivity contribution in [2.45, 2.75) is 26.8 Å². The number of hydrogen-bond donors (Lipinski definition) is 2. The molecule has 1 fully saturated rings. The van der Waals surface area contributed by atoms with E-state index in [1.165, 1.54) is 0 Å². The molecule has 1 heterocycles. The lowest BCUT2D eigenvalue weighted by Crippen LogP contribution is -2.45. The van der Waals surface area contributed by atoms with E-state index in [2.05, 4.69) is 24.5 Å². The second-order valence-corrected chi connectivity index (χ2v) is 5.98. The Morgan fingerprint density at radius 2 is 2.11 bits per heavy atom. The van der Waals surface area contributed by atoms with Crippen LogP contribution in [-0.2, 0) is 11.3 Å². The fourth-order valence-electron chi connectivity index (χ4n) is 2.62. The third-order valence-electron chi connectivity index (χ3n) is 4.11. The minimum atomic E-state index is -0.258. The Kier molecular flexibility index (Phi) is 4.48. The van der Waals surface area contributed by atoms with Crippen LogP contribution in [0.5, 0.6) is 0 Å². The van der Waals surface area contributed by atoms with E-state index in [0.29, 0.717) is 17.5 Å². The number of nitrogens with one attached hydrogen (secondary N) is 2. The lowest BCUT2D eigenvalue weighted by molar-refractivity contribution is -0.132. The van der Waals surface area contributed by atoms with Crippen molar-refractivity contribution in [1.29, 1.82) is 0 Å². The van der Waals surface area contributed by atoms with E-state index in [-0.39, 0.29) is 11.3 Å². The van der Waals surface area contributed by atoms with E-state index in [1.807, 2.05) is 24.3 Å². The fraction of sp³-hybridized carbons (Fsp3) is 0.533. The summed E-state index contributed by atoms with van der Waals surface area (Å²) in [6.07, 6.45) is 0.914. The van der Waals surface area contributed by atoms with Crippen LogP contribution in [0.25, 0.3) is 0 Å². The Morgan fingerprint density at radius 3 is 2.63 bits per heavy atom. The lowest BCUT2D eigenvalue weighted by Gasteiger charge is -2.31. The summed E-state index contributed by atoms with van der Waals surface area (Å²) in [4.78, 5) is 12.5. The van der Waals surface area contributed by atoms with Gasteiger partial charge in [-0.25, -0.2) is 0 Å². The van der Waals surface area contributed by atoms with Crippen LogP contribution >= 0.6 is 11.6 Å². The standard InChI is InChI=1S/C15H21ClN2O/c1-11(2)15(7-8-17-10-15)14(19)18-9-12-3-5-13(16)6-4-12/h3-6,11,17H,7-10H2,1-2H3,(H,18,19). The zero-order chi connectivity index (χ0) is 13.9. The molecule has 1 atom stereocenters. The highest BCUT2D eigenvalue weighted by Gasteiger charge is 2.43. The number of carbonyl (C=O) groups is 1. The van der Waals surface area contributed by atoms with Crippen molar-refractivity contribution in [2.75, 3.05) is 13.1 Å². The van der Waals surface area contributed by atoms with Crippen molar-refractivity contribution in [3.8, 4) is 0 Å². The largest absolute Gasteiger partial charge is 0.351 e. The molecule has 19 heavy (non-hydrogen) atoms. The molecule has 1 aromatic rings. The van der Waals surface area contributed by atoms with Crippen molar-refractivity contribution in [3.63, 3.8) is 0 Å². The summed E-state index contributed by atoms with van der Waals surface area (Å²) in [5.41, 5.74) is 0.814. The van der Waals surface area contributed by atoms with Gasteiger partial charge in [-0.2, -0.15) is 0 Å². The average Bonchev–Trinajstić information content (AvgIpc) is 2.88. The number of halogens is 1. The minimum Gasteiger partial charge on any atom is -0.351 e. The van der Waals surface area contributed by atoms with Gasteiger partial charge in [-0.3, -0.25) is 4.79 Å². The zero-order valence-corrected chi connectivity index (χ0v) is 12.3. The molecule has 2 N–H and O–H groups in total. The van der Waals surface area contributed by atoms with E-state index in [4.69, 9.17) is 11.6 Å². The number of rotatable bonds is 4. The van der Waals surface area contributed by atoms with Crippen LogP contribution in [-0.4, -0.2) is 19.0 Å². The molecule has 4 heteroatoms. The van der Waals surface area contributed by atoms with Crippen LogP contribution in [0.2, 0.25) is 5.02 Å². The predicted octanol–water partition coefficient (Wildman–Crippen LogP) is 2.59. The molecule has 1 aromatic carbocycles. The van der Waals surface area contributed by atoms with Crippen molar-refractivity contribution < 1.29 is 4.79 Å². The van der Waals surface area contributed by atoms with Crippen molar-refractivity contribution in [1.82, 2.24) is 10.6 Å². The first-order valence-corrected chi connectivity index (χ1v) is 7.16. The summed E-state index contributed by atoms with van der Waals surface area (Å²) < 4.78 is 0. The highest BCUT2D eigenvalue weighted by Crippen LogP contribution is 2.34. The molecule has 1 saturated heterocycles. The molecule has 2 rings (SSSR count). The molecule has 0 saturated carbocycles. The van der Waals surface area contributed by atoms with Crippen LogP contribution in [0.1, 0.15) is 25.8 Å². The van der Waals surface area contributed by atoms with Gasteiger partial charge in [0.25, 0.3) is 0 Å². The van der Waals surface area contributed by atoms with Crippen molar-refractivity contribution in [3.05, 3.63) is 34.9 Å². The molecule has 0 bridgehead atoms. The van der Waals surface area contributed by atoms with E-state index < -0.39 is 0 Å². The molecule has 0 aromatic heterocycles. The fourth-order valence-corrected chi connectivity index (χ4v) is 2.75. The summed E-state index contributed by atoms with van der Waals surface area (Å²) in [5.74, 6) is 0.496. The first-order chi connectivity index (χ1) is 9.04. The third kappa shape index (κ3) is 3.10. The SMILES string of the molecule is CC(C)C1(C(=O)NCc2ccc(Cl)cc2)CCNC1. The van der Waals surface area contributed by atoms with Gasteiger partial charge in [-0.1, -0.05) is 37.6 Å². The van der Waals surface area contributed by atoms with Crippen molar-refractivity contribution in [2.24, 2.45) is 11.3 Å². The normalized spacial score (nSPS) is 22.7. The van der Waals surface area contributed by atoms with Crippen LogP contribution in [0.3, 0.4) is 0 Å². The Bertz CT molecular complexity index is 436. The molecule has 0 radical (unpaired) electrons. The zero-order valence-electron chi connectivity index (χ0n) is 11.5. The molecule has 3 nitrogen and oxygen atoms in total. The molecular weight excluding hydrogens is 260 g/mol. The summed E-state index contributed by atoms with van der Waals surface area (Å²) in [5, 5.41) is 7.08. The Balaban J connectivity index is 1.98. The summed E-state index contributed by atoms with van der Waals surface area (Å²) in [6, 6.07) is 7.58. The van der Waals surface area contributed by atoms with E-state index in [9.17, 15) is 4.79 Å². The van der Waals surface area contributed by atoms with E-state index in [1.54, 1.807) is 0 Å². The smallest absolute Gasteiger partial charge is 0.228 e. The maximum absolute atomic E-state index is 12.5. The van der Waals surface area contributed by atoms with Gasteiger partial charge in [-0.05, 0) is 36.6 Å². The maximum atomic E-state index is 12.5. The van der Waals surface area contributed by atoms with Crippen molar-refractivity contribution >= 4 is 17.5 Å². The Labute approximate surface area is 119 Å². The summed E-state index contributed by atoms with van der Waals surface area (Å²) >= 11 is 5.85. The van der Waals surface area contributed by atoms with Crippen LogP contribution in [0, 0.1) is 11.3 Å². The molecule has 0 aliphatic carbocycles. The highest BCUT2D eigenvalue weighted by molar-refractivity contribution is 6.30. The average molecular weight is 281 g/mol. The van der Waals surface area contributed by atoms with Gasteiger partial charge in [0.05, 0.1) is 5.41 Å². The van der Waals surface area contributed by atoms with Crippen LogP contribution in [0.4, 0.5) is 0 Å².